The predicted molar refractivity (Wildman–Crippen MR) is 75.1 cm³/mol. The first-order valence-electron chi connectivity index (χ1n) is 6.19. The first-order chi connectivity index (χ1) is 9.28. The Bertz CT molecular complexity index is 754. The average molecular weight is 254 g/mol. The van der Waals surface area contributed by atoms with Crippen LogP contribution in [-0.2, 0) is 6.42 Å². The molecule has 0 saturated carbocycles. The second-order valence-corrected chi connectivity index (χ2v) is 4.48. The van der Waals surface area contributed by atoms with Crippen LogP contribution in [0.25, 0.3) is 22.2 Å². The van der Waals surface area contributed by atoms with Crippen LogP contribution in [0, 0.1) is 0 Å². The van der Waals surface area contributed by atoms with Crippen molar-refractivity contribution in [1.82, 2.24) is 9.97 Å². The Kier molecular flexibility index (Phi) is 2.93. The molecule has 0 aliphatic heterocycles. The summed E-state index contributed by atoms with van der Waals surface area (Å²) >= 11 is 0. The van der Waals surface area contributed by atoms with Crippen LogP contribution >= 0.6 is 0 Å². The summed E-state index contributed by atoms with van der Waals surface area (Å²) in [4.78, 5) is 16.9. The van der Waals surface area contributed by atoms with Gasteiger partial charge in [-0.3, -0.25) is 0 Å². The molecular formula is C15H14N2O2. The second-order valence-electron chi connectivity index (χ2n) is 4.48. The summed E-state index contributed by atoms with van der Waals surface area (Å²) in [5.74, 6) is 0. The van der Waals surface area contributed by atoms with Crippen LogP contribution in [0.2, 0.25) is 0 Å². The van der Waals surface area contributed by atoms with Crippen molar-refractivity contribution in [3.05, 3.63) is 58.5 Å². The Morgan fingerprint density at radius 3 is 2.53 bits per heavy atom. The number of H-pyrrole nitrogens is 2. The molecule has 0 bridgehead atoms. The Morgan fingerprint density at radius 2 is 1.79 bits per heavy atom. The van der Waals surface area contributed by atoms with E-state index in [1.807, 2.05) is 42.5 Å². The molecule has 4 nitrogen and oxygen atoms in total. The van der Waals surface area contributed by atoms with E-state index in [1.165, 1.54) is 0 Å². The molecule has 0 aliphatic rings. The van der Waals surface area contributed by atoms with Gasteiger partial charge in [-0.25, -0.2) is 4.79 Å². The molecule has 96 valence electrons. The molecule has 4 heteroatoms. The number of rotatable bonds is 3. The highest BCUT2D eigenvalue weighted by Gasteiger charge is 2.06. The summed E-state index contributed by atoms with van der Waals surface area (Å²) in [7, 11) is 0. The average Bonchev–Trinajstić information content (AvgIpc) is 2.80. The standard InChI is InChI=1S/C15H14N2O2/c18-9-8-10-4-6-11(7-5-10)12-2-1-3-13-14(12)17-15(19)16-13/h1-7,18H,8-9H2,(H2,16,17,19). The third kappa shape index (κ3) is 2.18. The molecule has 0 spiro atoms. The van der Waals surface area contributed by atoms with Gasteiger partial charge in [-0.1, -0.05) is 36.4 Å². The maximum atomic E-state index is 11.4. The van der Waals surface area contributed by atoms with E-state index in [0.717, 1.165) is 27.7 Å². The fourth-order valence-corrected chi connectivity index (χ4v) is 2.28. The smallest absolute Gasteiger partial charge is 0.323 e. The van der Waals surface area contributed by atoms with Crippen molar-refractivity contribution in [3.8, 4) is 11.1 Å². The monoisotopic (exact) mass is 254 g/mol. The summed E-state index contributed by atoms with van der Waals surface area (Å²) < 4.78 is 0. The van der Waals surface area contributed by atoms with E-state index in [-0.39, 0.29) is 12.3 Å². The SMILES string of the molecule is O=c1[nH]c2cccc(-c3ccc(CCO)cc3)c2[nH]1. The zero-order chi connectivity index (χ0) is 13.2. The third-order valence-corrected chi connectivity index (χ3v) is 3.22. The molecule has 3 rings (SSSR count). The van der Waals surface area contributed by atoms with Gasteiger partial charge in [-0.05, 0) is 23.6 Å². The molecule has 0 radical (unpaired) electrons. The summed E-state index contributed by atoms with van der Waals surface area (Å²) in [6.45, 7) is 0.153. The predicted octanol–water partition coefficient (Wildman–Crippen LogP) is 2.06. The third-order valence-electron chi connectivity index (χ3n) is 3.22. The molecule has 0 amide bonds. The summed E-state index contributed by atoms with van der Waals surface area (Å²) in [5, 5.41) is 8.91. The minimum Gasteiger partial charge on any atom is -0.396 e. The van der Waals surface area contributed by atoms with Gasteiger partial charge in [0.05, 0.1) is 11.0 Å². The minimum atomic E-state index is -0.195. The fraction of sp³-hybridized carbons (Fsp3) is 0.133. The highest BCUT2D eigenvalue weighted by Crippen LogP contribution is 2.25. The van der Waals surface area contributed by atoms with E-state index in [1.54, 1.807) is 0 Å². The molecule has 19 heavy (non-hydrogen) atoms. The lowest BCUT2D eigenvalue weighted by molar-refractivity contribution is 0.299. The quantitative estimate of drug-likeness (QED) is 0.669. The maximum Gasteiger partial charge on any atom is 0.323 e. The molecule has 3 aromatic rings. The van der Waals surface area contributed by atoms with Gasteiger partial charge in [0.2, 0.25) is 0 Å². The number of fused-ring (bicyclic) bond motifs is 1. The minimum absolute atomic E-state index is 0.153. The number of hydrogen-bond donors (Lipinski definition) is 3. The number of hydrogen-bond acceptors (Lipinski definition) is 2. The van der Waals surface area contributed by atoms with Crippen molar-refractivity contribution >= 4 is 11.0 Å². The van der Waals surface area contributed by atoms with Crippen molar-refractivity contribution in [2.45, 2.75) is 6.42 Å². The number of benzene rings is 2. The summed E-state index contributed by atoms with van der Waals surface area (Å²) in [6.07, 6.45) is 0.658. The first-order valence-corrected chi connectivity index (χ1v) is 6.19. The second kappa shape index (κ2) is 4.74. The number of aromatic nitrogens is 2. The number of nitrogens with one attached hydrogen (secondary N) is 2. The van der Waals surface area contributed by atoms with Crippen LogP contribution < -0.4 is 5.69 Å². The molecule has 2 aromatic carbocycles. The van der Waals surface area contributed by atoms with Gasteiger partial charge < -0.3 is 15.1 Å². The molecule has 0 atom stereocenters. The van der Waals surface area contributed by atoms with Gasteiger partial charge in [0.25, 0.3) is 0 Å². The molecule has 3 N–H and O–H groups in total. The summed E-state index contributed by atoms with van der Waals surface area (Å²) in [6, 6.07) is 13.8. The number of aromatic amines is 2. The Morgan fingerprint density at radius 1 is 1.00 bits per heavy atom. The van der Waals surface area contributed by atoms with Gasteiger partial charge in [0, 0.05) is 12.2 Å². The molecule has 0 saturated heterocycles. The lowest BCUT2D eigenvalue weighted by atomic mass is 10.0. The molecule has 1 aromatic heterocycles. The zero-order valence-corrected chi connectivity index (χ0v) is 10.3. The number of aliphatic hydroxyl groups is 1. The number of para-hydroxylation sites is 1. The van der Waals surface area contributed by atoms with E-state index in [0.29, 0.717) is 6.42 Å². The fourth-order valence-electron chi connectivity index (χ4n) is 2.28. The highest BCUT2D eigenvalue weighted by molar-refractivity contribution is 5.91. The van der Waals surface area contributed by atoms with Crippen molar-refractivity contribution in [2.75, 3.05) is 6.61 Å². The van der Waals surface area contributed by atoms with Crippen molar-refractivity contribution in [2.24, 2.45) is 0 Å². The van der Waals surface area contributed by atoms with E-state index in [2.05, 4.69) is 9.97 Å². The van der Waals surface area contributed by atoms with E-state index < -0.39 is 0 Å². The Labute approximate surface area is 109 Å². The van der Waals surface area contributed by atoms with Gasteiger partial charge in [0.1, 0.15) is 0 Å². The highest BCUT2D eigenvalue weighted by atomic mass is 16.2. The van der Waals surface area contributed by atoms with Gasteiger partial charge in [-0.2, -0.15) is 0 Å². The maximum absolute atomic E-state index is 11.4. The first kappa shape index (κ1) is 11.7. The van der Waals surface area contributed by atoms with Crippen LogP contribution in [0.15, 0.2) is 47.3 Å². The van der Waals surface area contributed by atoms with Crippen molar-refractivity contribution < 1.29 is 5.11 Å². The molecular weight excluding hydrogens is 240 g/mol. The molecule has 0 fully saturated rings. The normalized spacial score (nSPS) is 11.0. The van der Waals surface area contributed by atoms with E-state index in [9.17, 15) is 4.79 Å². The van der Waals surface area contributed by atoms with Crippen LogP contribution in [0.5, 0.6) is 0 Å². The van der Waals surface area contributed by atoms with Crippen LogP contribution in [0.3, 0.4) is 0 Å². The van der Waals surface area contributed by atoms with Crippen molar-refractivity contribution in [3.63, 3.8) is 0 Å². The van der Waals surface area contributed by atoms with Gasteiger partial charge >= 0.3 is 5.69 Å². The Hall–Kier alpha value is -2.33. The topological polar surface area (TPSA) is 68.9 Å². The largest absolute Gasteiger partial charge is 0.396 e. The van der Waals surface area contributed by atoms with Crippen LogP contribution in [0.1, 0.15) is 5.56 Å². The number of imidazole rings is 1. The van der Waals surface area contributed by atoms with E-state index in [4.69, 9.17) is 5.11 Å². The van der Waals surface area contributed by atoms with Crippen molar-refractivity contribution in [1.29, 1.82) is 0 Å². The van der Waals surface area contributed by atoms with Crippen LogP contribution in [0.4, 0.5) is 0 Å². The van der Waals surface area contributed by atoms with E-state index >= 15 is 0 Å². The molecule has 1 heterocycles. The lowest BCUT2D eigenvalue weighted by Crippen LogP contribution is -1.99. The number of aliphatic hydroxyl groups excluding tert-OH is 1. The Balaban J connectivity index is 2.10. The van der Waals surface area contributed by atoms with Gasteiger partial charge in [-0.15, -0.1) is 0 Å². The van der Waals surface area contributed by atoms with Crippen LogP contribution in [-0.4, -0.2) is 21.7 Å². The zero-order valence-electron chi connectivity index (χ0n) is 10.3. The molecule has 0 aliphatic carbocycles. The summed E-state index contributed by atoms with van der Waals surface area (Å²) in [5.41, 5.74) is 4.57. The van der Waals surface area contributed by atoms with Gasteiger partial charge in [0.15, 0.2) is 0 Å². The molecule has 0 unspecified atom stereocenters. The lowest BCUT2D eigenvalue weighted by Gasteiger charge is -2.04.